The Labute approximate surface area is 117 Å². The minimum Gasteiger partial charge on any atom is -0.477 e. The number of hydrogen-bond donors (Lipinski definition) is 1. The van der Waals surface area contributed by atoms with E-state index in [9.17, 15) is 4.79 Å². The number of ether oxygens (including phenoxy) is 2. The van der Waals surface area contributed by atoms with Crippen LogP contribution in [0.1, 0.15) is 23.3 Å². The van der Waals surface area contributed by atoms with E-state index in [1.54, 1.807) is 6.07 Å². The Kier molecular flexibility index (Phi) is 3.58. The lowest BCUT2D eigenvalue weighted by molar-refractivity contribution is -0.116. The van der Waals surface area contributed by atoms with Crippen molar-refractivity contribution < 1.29 is 19.4 Å². The Hall–Kier alpha value is -1.66. The summed E-state index contributed by atoms with van der Waals surface area (Å²) < 4.78 is 11.4. The van der Waals surface area contributed by atoms with Gasteiger partial charge in [0.15, 0.2) is 5.69 Å². The lowest BCUT2D eigenvalue weighted by Crippen LogP contribution is -2.54. The van der Waals surface area contributed by atoms with Gasteiger partial charge in [-0.15, -0.1) is 0 Å². The SMILES string of the molecule is O=C(O)c1cccc(N2CCOC3(CCOCC3)C2)n1. The quantitative estimate of drug-likeness (QED) is 0.875. The number of carboxylic acids is 1. The van der Waals surface area contributed by atoms with Crippen LogP contribution in [0.5, 0.6) is 0 Å². The molecule has 3 rings (SSSR count). The highest BCUT2D eigenvalue weighted by Gasteiger charge is 2.38. The first-order chi connectivity index (χ1) is 9.69. The molecule has 0 atom stereocenters. The Morgan fingerprint density at radius 3 is 2.85 bits per heavy atom. The number of aromatic nitrogens is 1. The maximum atomic E-state index is 11.0. The molecular weight excluding hydrogens is 260 g/mol. The molecule has 2 aliphatic heterocycles. The number of rotatable bonds is 2. The normalized spacial score (nSPS) is 21.9. The largest absolute Gasteiger partial charge is 0.477 e. The van der Waals surface area contributed by atoms with E-state index in [4.69, 9.17) is 14.6 Å². The molecular formula is C14H18N2O4. The third-order valence-corrected chi connectivity index (χ3v) is 3.93. The van der Waals surface area contributed by atoms with Gasteiger partial charge in [-0.25, -0.2) is 9.78 Å². The van der Waals surface area contributed by atoms with Crippen molar-refractivity contribution >= 4 is 11.8 Å². The summed E-state index contributed by atoms with van der Waals surface area (Å²) in [7, 11) is 0. The fraction of sp³-hybridized carbons (Fsp3) is 0.571. The molecule has 0 aliphatic carbocycles. The standard InChI is InChI=1S/C14H18N2O4/c17-13(18)11-2-1-3-12(15-11)16-6-9-20-14(10-16)4-7-19-8-5-14/h1-3H,4-10H2,(H,17,18). The fourth-order valence-electron chi connectivity index (χ4n) is 2.80. The zero-order chi connectivity index (χ0) is 14.0. The van der Waals surface area contributed by atoms with Crippen LogP contribution < -0.4 is 4.90 Å². The summed E-state index contributed by atoms with van der Waals surface area (Å²) in [6.07, 6.45) is 1.75. The number of anilines is 1. The number of hydrogen-bond acceptors (Lipinski definition) is 5. The smallest absolute Gasteiger partial charge is 0.354 e. The van der Waals surface area contributed by atoms with Gasteiger partial charge in [0.25, 0.3) is 0 Å². The van der Waals surface area contributed by atoms with Crippen molar-refractivity contribution in [2.45, 2.75) is 18.4 Å². The zero-order valence-electron chi connectivity index (χ0n) is 11.2. The third kappa shape index (κ3) is 2.62. The number of morpholine rings is 1. The summed E-state index contributed by atoms with van der Waals surface area (Å²) >= 11 is 0. The van der Waals surface area contributed by atoms with Crippen LogP contribution in [0.25, 0.3) is 0 Å². The Morgan fingerprint density at radius 2 is 2.10 bits per heavy atom. The van der Waals surface area contributed by atoms with Crippen molar-refractivity contribution in [3.8, 4) is 0 Å². The lowest BCUT2D eigenvalue weighted by atomic mass is 9.92. The molecule has 3 heterocycles. The molecule has 0 aromatic carbocycles. The number of aromatic carboxylic acids is 1. The van der Waals surface area contributed by atoms with Crippen molar-refractivity contribution in [3.05, 3.63) is 23.9 Å². The average molecular weight is 278 g/mol. The predicted octanol–water partition coefficient (Wildman–Crippen LogP) is 1.17. The average Bonchev–Trinajstić information content (AvgIpc) is 2.48. The predicted molar refractivity (Wildman–Crippen MR) is 72.1 cm³/mol. The topological polar surface area (TPSA) is 71.9 Å². The Balaban J connectivity index is 1.79. The number of nitrogens with zero attached hydrogens (tertiary/aromatic N) is 2. The van der Waals surface area contributed by atoms with Crippen LogP contribution in [0, 0.1) is 0 Å². The van der Waals surface area contributed by atoms with E-state index in [0.717, 1.165) is 39.1 Å². The second kappa shape index (κ2) is 5.38. The Morgan fingerprint density at radius 1 is 1.30 bits per heavy atom. The number of pyridine rings is 1. The van der Waals surface area contributed by atoms with E-state index in [1.807, 2.05) is 6.07 Å². The minimum absolute atomic E-state index is 0.0787. The van der Waals surface area contributed by atoms with E-state index < -0.39 is 5.97 Å². The molecule has 20 heavy (non-hydrogen) atoms. The molecule has 0 amide bonds. The minimum atomic E-state index is -0.999. The summed E-state index contributed by atoms with van der Waals surface area (Å²) in [5.41, 5.74) is -0.0905. The molecule has 2 aliphatic rings. The van der Waals surface area contributed by atoms with E-state index >= 15 is 0 Å². The second-order valence-corrected chi connectivity index (χ2v) is 5.25. The highest BCUT2D eigenvalue weighted by Crippen LogP contribution is 2.30. The molecule has 2 saturated heterocycles. The highest BCUT2D eigenvalue weighted by atomic mass is 16.5. The Bertz CT molecular complexity index is 494. The van der Waals surface area contributed by atoms with Gasteiger partial charge in [-0.3, -0.25) is 0 Å². The van der Waals surface area contributed by atoms with Crippen molar-refractivity contribution in [2.75, 3.05) is 37.8 Å². The fourth-order valence-corrected chi connectivity index (χ4v) is 2.80. The van der Waals surface area contributed by atoms with Gasteiger partial charge in [0.05, 0.1) is 12.2 Å². The van der Waals surface area contributed by atoms with Gasteiger partial charge in [-0.2, -0.15) is 0 Å². The summed E-state index contributed by atoms with van der Waals surface area (Å²) in [6, 6.07) is 5.10. The summed E-state index contributed by atoms with van der Waals surface area (Å²) in [4.78, 5) is 17.3. The molecule has 6 nitrogen and oxygen atoms in total. The molecule has 0 radical (unpaired) electrons. The van der Waals surface area contributed by atoms with Crippen LogP contribution in [0.4, 0.5) is 5.82 Å². The van der Waals surface area contributed by atoms with Crippen LogP contribution in [-0.4, -0.2) is 54.6 Å². The van der Waals surface area contributed by atoms with Gasteiger partial charge >= 0.3 is 5.97 Å². The molecule has 108 valence electrons. The zero-order valence-corrected chi connectivity index (χ0v) is 11.2. The van der Waals surface area contributed by atoms with Crippen molar-refractivity contribution in [3.63, 3.8) is 0 Å². The molecule has 0 saturated carbocycles. The summed E-state index contributed by atoms with van der Waals surface area (Å²) in [6.45, 7) is 3.55. The van der Waals surface area contributed by atoms with E-state index in [-0.39, 0.29) is 11.3 Å². The third-order valence-electron chi connectivity index (χ3n) is 3.93. The van der Waals surface area contributed by atoms with Gasteiger partial charge < -0.3 is 19.5 Å². The number of carbonyl (C=O) groups is 1. The molecule has 1 spiro atoms. The van der Waals surface area contributed by atoms with Crippen molar-refractivity contribution in [2.24, 2.45) is 0 Å². The van der Waals surface area contributed by atoms with Gasteiger partial charge in [0.1, 0.15) is 5.82 Å². The second-order valence-electron chi connectivity index (χ2n) is 5.25. The van der Waals surface area contributed by atoms with Crippen LogP contribution >= 0.6 is 0 Å². The lowest BCUT2D eigenvalue weighted by Gasteiger charge is -2.45. The summed E-state index contributed by atoms with van der Waals surface area (Å²) in [5.74, 6) is -0.292. The molecule has 1 aromatic heterocycles. The summed E-state index contributed by atoms with van der Waals surface area (Å²) in [5, 5.41) is 9.03. The van der Waals surface area contributed by atoms with Crippen molar-refractivity contribution in [1.82, 2.24) is 4.98 Å². The van der Waals surface area contributed by atoms with Gasteiger partial charge in [-0.1, -0.05) is 6.07 Å². The molecule has 1 N–H and O–H groups in total. The van der Waals surface area contributed by atoms with Crippen molar-refractivity contribution in [1.29, 1.82) is 0 Å². The van der Waals surface area contributed by atoms with Crippen LogP contribution in [0.3, 0.4) is 0 Å². The molecule has 1 aromatic rings. The maximum Gasteiger partial charge on any atom is 0.354 e. The van der Waals surface area contributed by atoms with Crippen LogP contribution in [-0.2, 0) is 9.47 Å². The van der Waals surface area contributed by atoms with Crippen LogP contribution in [0.2, 0.25) is 0 Å². The van der Waals surface area contributed by atoms with E-state index in [1.165, 1.54) is 6.07 Å². The van der Waals surface area contributed by atoms with Gasteiger partial charge in [-0.05, 0) is 12.1 Å². The highest BCUT2D eigenvalue weighted by molar-refractivity contribution is 5.85. The molecule has 0 unspecified atom stereocenters. The van der Waals surface area contributed by atoms with Gasteiger partial charge in [0.2, 0.25) is 0 Å². The van der Waals surface area contributed by atoms with Gasteiger partial charge in [0, 0.05) is 39.1 Å². The molecule has 2 fully saturated rings. The van der Waals surface area contributed by atoms with E-state index in [0.29, 0.717) is 12.4 Å². The van der Waals surface area contributed by atoms with E-state index in [2.05, 4.69) is 9.88 Å². The molecule has 0 bridgehead atoms. The first-order valence-corrected chi connectivity index (χ1v) is 6.86. The first-order valence-electron chi connectivity index (χ1n) is 6.86. The first kappa shape index (κ1) is 13.3. The van der Waals surface area contributed by atoms with Crippen LogP contribution in [0.15, 0.2) is 18.2 Å². The number of carboxylic acid groups (broad SMARTS) is 1. The molecule has 6 heteroatoms. The monoisotopic (exact) mass is 278 g/mol. The maximum absolute atomic E-state index is 11.0.